The smallest absolute Gasteiger partial charge is 0.409 e. The molecule has 1 amide bonds. The second kappa shape index (κ2) is 4.98. The number of piperazine rings is 1. The molecule has 1 saturated heterocycles. The average molecular weight is 230 g/mol. The van der Waals surface area contributed by atoms with Crippen molar-refractivity contribution in [2.45, 2.75) is 32.2 Å². The van der Waals surface area contributed by atoms with Crippen molar-refractivity contribution in [3.63, 3.8) is 0 Å². The van der Waals surface area contributed by atoms with Crippen LogP contribution in [0.15, 0.2) is 0 Å². The van der Waals surface area contributed by atoms with Crippen molar-refractivity contribution in [1.29, 1.82) is 0 Å². The third-order valence-electron chi connectivity index (χ3n) is 2.75. The normalized spacial score (nSPS) is 22.7. The van der Waals surface area contributed by atoms with Gasteiger partial charge in [-0.2, -0.15) is 0 Å². The van der Waals surface area contributed by atoms with E-state index in [1.54, 1.807) is 0 Å². The quantitative estimate of drug-likeness (QED) is 0.727. The Morgan fingerprint density at radius 2 is 2.20 bits per heavy atom. The fourth-order valence-electron chi connectivity index (χ4n) is 1.90. The number of nitrogens with one attached hydrogen (secondary N) is 1. The summed E-state index contributed by atoms with van der Waals surface area (Å²) in [5.74, 6) is 0. The Labute approximate surface area is 93.0 Å². The molecule has 4 nitrogen and oxygen atoms in total. The number of carbonyl (C=O) groups is 1. The summed E-state index contributed by atoms with van der Waals surface area (Å²) < 4.78 is 5.09. The van der Waals surface area contributed by atoms with Crippen molar-refractivity contribution in [2.24, 2.45) is 0 Å². The van der Waals surface area contributed by atoms with Crippen molar-refractivity contribution in [3.05, 3.63) is 0 Å². The second-order valence-electron chi connectivity index (χ2n) is 4.98. The molecular weight excluding hydrogens is 208 g/mol. The minimum absolute atomic E-state index is 0.147. The van der Waals surface area contributed by atoms with Crippen molar-refractivity contribution in [1.82, 2.24) is 10.2 Å². The first-order chi connectivity index (χ1) is 6.96. The van der Waals surface area contributed by atoms with Crippen molar-refractivity contribution < 1.29 is 9.53 Å². The van der Waals surface area contributed by atoms with Crippen LogP contribution in [-0.2, 0) is 4.74 Å². The Hall–Kier alpha value is -0.553. The predicted octanol–water partition coefficient (Wildman–Crippen LogP) is 1.29. The Bertz CT molecular complexity index is 228. The summed E-state index contributed by atoms with van der Waals surface area (Å²) in [5.41, 5.74) is 0.352. The molecule has 0 aromatic carbocycles. The highest BCUT2D eigenvalue weighted by atomic mass is 28.3. The Balaban J connectivity index is 2.70. The van der Waals surface area contributed by atoms with Crippen LogP contribution in [0.1, 0.15) is 6.92 Å². The maximum absolute atomic E-state index is 11.8. The third kappa shape index (κ3) is 3.20. The number of hydrogen-bond acceptors (Lipinski definition) is 3. The van der Waals surface area contributed by atoms with Crippen molar-refractivity contribution in [2.75, 3.05) is 26.2 Å². The molecule has 5 heteroatoms. The highest BCUT2D eigenvalue weighted by molar-refractivity contribution is 6.77. The number of amides is 1. The summed E-state index contributed by atoms with van der Waals surface area (Å²) >= 11 is 0. The summed E-state index contributed by atoms with van der Waals surface area (Å²) in [6, 6.07) is 0. The number of carbonyl (C=O) groups excluding carboxylic acids is 1. The molecule has 1 aliphatic heterocycles. The fourth-order valence-corrected chi connectivity index (χ4v) is 3.83. The lowest BCUT2D eigenvalue weighted by molar-refractivity contribution is 0.0941. The first-order valence-corrected chi connectivity index (χ1v) is 9.18. The molecule has 0 spiro atoms. The molecule has 0 aliphatic carbocycles. The van der Waals surface area contributed by atoms with Crippen LogP contribution in [0.4, 0.5) is 4.79 Å². The van der Waals surface area contributed by atoms with Gasteiger partial charge < -0.3 is 15.0 Å². The number of nitrogens with zero attached hydrogens (tertiary/aromatic N) is 1. The predicted molar refractivity (Wildman–Crippen MR) is 63.7 cm³/mol. The van der Waals surface area contributed by atoms with E-state index >= 15 is 0 Å². The van der Waals surface area contributed by atoms with Gasteiger partial charge >= 0.3 is 6.09 Å². The molecule has 15 heavy (non-hydrogen) atoms. The molecule has 1 aliphatic rings. The van der Waals surface area contributed by atoms with Crippen LogP contribution in [0.2, 0.25) is 19.6 Å². The van der Waals surface area contributed by atoms with Crippen LogP contribution in [0.3, 0.4) is 0 Å². The molecule has 0 bridgehead atoms. The first-order valence-electron chi connectivity index (χ1n) is 5.61. The minimum atomic E-state index is -1.35. The molecular formula is C10H22N2O2Si. The Morgan fingerprint density at radius 1 is 1.53 bits per heavy atom. The maximum Gasteiger partial charge on any atom is 0.409 e. The van der Waals surface area contributed by atoms with Crippen LogP contribution < -0.4 is 5.32 Å². The molecule has 1 rings (SSSR count). The summed E-state index contributed by atoms with van der Waals surface area (Å²) in [7, 11) is -1.35. The van der Waals surface area contributed by atoms with E-state index in [1.807, 2.05) is 11.8 Å². The van der Waals surface area contributed by atoms with Crippen LogP contribution in [0.5, 0.6) is 0 Å². The molecule has 88 valence electrons. The first kappa shape index (κ1) is 12.5. The number of ether oxygens (including phenoxy) is 1. The SMILES string of the molecule is CCOC(=O)N1CCNCC1[Si](C)(C)C. The van der Waals surface area contributed by atoms with E-state index in [0.717, 1.165) is 19.6 Å². The van der Waals surface area contributed by atoms with Gasteiger partial charge in [-0.1, -0.05) is 19.6 Å². The van der Waals surface area contributed by atoms with E-state index in [-0.39, 0.29) is 6.09 Å². The van der Waals surface area contributed by atoms with Gasteiger partial charge in [0.2, 0.25) is 0 Å². The van der Waals surface area contributed by atoms with Gasteiger partial charge in [0.25, 0.3) is 0 Å². The second-order valence-corrected chi connectivity index (χ2v) is 10.4. The zero-order valence-electron chi connectivity index (χ0n) is 10.2. The van der Waals surface area contributed by atoms with Crippen LogP contribution in [0, 0.1) is 0 Å². The third-order valence-corrected chi connectivity index (χ3v) is 5.26. The minimum Gasteiger partial charge on any atom is -0.450 e. The monoisotopic (exact) mass is 230 g/mol. The summed E-state index contributed by atoms with van der Waals surface area (Å²) in [6.07, 6.45) is -0.147. The molecule has 1 fully saturated rings. The maximum atomic E-state index is 11.8. The number of hydrogen-bond donors (Lipinski definition) is 1. The lowest BCUT2D eigenvalue weighted by Gasteiger charge is -2.41. The molecule has 1 heterocycles. The highest BCUT2D eigenvalue weighted by Crippen LogP contribution is 2.17. The molecule has 1 atom stereocenters. The van der Waals surface area contributed by atoms with Gasteiger partial charge in [0.15, 0.2) is 0 Å². The van der Waals surface area contributed by atoms with Crippen molar-refractivity contribution in [3.8, 4) is 0 Å². The van der Waals surface area contributed by atoms with E-state index in [1.165, 1.54) is 0 Å². The zero-order chi connectivity index (χ0) is 11.5. The standard InChI is InChI=1S/C10H22N2O2Si/c1-5-14-10(13)12-7-6-11-8-9(12)15(2,3)4/h9,11H,5-8H2,1-4H3. The van der Waals surface area contributed by atoms with E-state index < -0.39 is 8.07 Å². The van der Waals surface area contributed by atoms with E-state index in [9.17, 15) is 4.79 Å². The van der Waals surface area contributed by atoms with Crippen LogP contribution >= 0.6 is 0 Å². The summed E-state index contributed by atoms with van der Waals surface area (Å²) in [4.78, 5) is 13.7. The number of rotatable bonds is 2. The zero-order valence-corrected chi connectivity index (χ0v) is 11.2. The highest BCUT2D eigenvalue weighted by Gasteiger charge is 2.36. The van der Waals surface area contributed by atoms with Gasteiger partial charge in [0, 0.05) is 25.3 Å². The van der Waals surface area contributed by atoms with E-state index in [0.29, 0.717) is 12.3 Å². The molecule has 0 aromatic rings. The van der Waals surface area contributed by atoms with Gasteiger partial charge in [0.1, 0.15) is 0 Å². The topological polar surface area (TPSA) is 41.6 Å². The van der Waals surface area contributed by atoms with Crippen LogP contribution in [0.25, 0.3) is 0 Å². The fraction of sp³-hybridized carbons (Fsp3) is 0.900. The van der Waals surface area contributed by atoms with Gasteiger partial charge in [0.05, 0.1) is 14.7 Å². The summed E-state index contributed by atoms with van der Waals surface area (Å²) in [6.45, 7) is 11.7. The van der Waals surface area contributed by atoms with Crippen LogP contribution in [-0.4, -0.2) is 51.0 Å². The molecule has 0 radical (unpaired) electrons. The van der Waals surface area contributed by atoms with Gasteiger partial charge in [-0.05, 0) is 6.92 Å². The molecule has 0 aromatic heterocycles. The molecule has 1 N–H and O–H groups in total. The van der Waals surface area contributed by atoms with Gasteiger partial charge in [-0.25, -0.2) is 4.79 Å². The average Bonchev–Trinajstić information content (AvgIpc) is 2.17. The molecule has 0 saturated carbocycles. The Morgan fingerprint density at radius 3 is 2.73 bits per heavy atom. The Kier molecular flexibility index (Phi) is 4.16. The van der Waals surface area contributed by atoms with E-state index in [4.69, 9.17) is 4.74 Å². The van der Waals surface area contributed by atoms with Gasteiger partial charge in [-0.3, -0.25) is 0 Å². The lowest BCUT2D eigenvalue weighted by atomic mass is 10.4. The molecule has 1 unspecified atom stereocenters. The van der Waals surface area contributed by atoms with E-state index in [2.05, 4.69) is 25.0 Å². The largest absolute Gasteiger partial charge is 0.450 e. The summed E-state index contributed by atoms with van der Waals surface area (Å²) in [5, 5.41) is 3.35. The van der Waals surface area contributed by atoms with Crippen molar-refractivity contribution >= 4 is 14.2 Å². The lowest BCUT2D eigenvalue weighted by Crippen LogP contribution is -2.62. The van der Waals surface area contributed by atoms with Gasteiger partial charge in [-0.15, -0.1) is 0 Å².